The number of halogens is 3. The minimum absolute atomic E-state index is 0. The number of methoxy groups -OCH3 is 1. The fourth-order valence-corrected chi connectivity index (χ4v) is 0.895. The third-order valence-corrected chi connectivity index (χ3v) is 1.59. The summed E-state index contributed by atoms with van der Waals surface area (Å²) in [5.74, 6) is 0. The molecule has 1 unspecified atom stereocenters. The number of rotatable bonds is 6. The van der Waals surface area contributed by atoms with Crippen molar-refractivity contribution >= 4 is 0 Å². The quantitative estimate of drug-likeness (QED) is 0.759. The molecule has 94 valence electrons. The zero-order valence-electron chi connectivity index (χ0n) is 8.23. The Morgan fingerprint density at radius 2 is 1.67 bits per heavy atom. The van der Waals surface area contributed by atoms with Crippen LogP contribution in [0.2, 0.25) is 0 Å². The molecule has 0 aromatic rings. The Kier molecular flexibility index (Phi) is 8.00. The van der Waals surface area contributed by atoms with Crippen molar-refractivity contribution in [2.24, 2.45) is 5.41 Å². The van der Waals surface area contributed by atoms with Crippen LogP contribution in [0.1, 0.15) is 14.4 Å². The molecule has 1 N–H and O–H groups in total. The molecule has 0 radical (unpaired) electrons. The molecule has 0 bridgehead atoms. The molecule has 0 aliphatic carbocycles. The maximum absolute atomic E-state index is 11.7. The van der Waals surface area contributed by atoms with Crippen molar-refractivity contribution in [1.29, 1.82) is 0 Å². The number of alkyl halides is 3. The molecule has 0 rings (SSSR count). The van der Waals surface area contributed by atoms with Crippen LogP contribution in [0, 0.1) is 5.41 Å². The summed E-state index contributed by atoms with van der Waals surface area (Å²) in [6.45, 7) is -0.0178. The van der Waals surface area contributed by atoms with Gasteiger partial charge in [0.2, 0.25) is 0 Å². The Balaban J connectivity index is 0. The molecular weight excluding hydrogens is 213 g/mol. The molecule has 0 amide bonds. The van der Waals surface area contributed by atoms with Crippen molar-refractivity contribution in [3.05, 3.63) is 0 Å². The van der Waals surface area contributed by atoms with E-state index in [-0.39, 0.29) is 27.2 Å². The van der Waals surface area contributed by atoms with Gasteiger partial charge in [0, 0.05) is 12.5 Å². The van der Waals surface area contributed by atoms with E-state index in [1.165, 1.54) is 7.11 Å². The average molecular weight is 232 g/mol. The summed E-state index contributed by atoms with van der Waals surface area (Å²) in [7, 11) is 1.41. The van der Waals surface area contributed by atoms with Crippen LogP contribution in [0.25, 0.3) is 0 Å². The standard InChI is InChI=1S/C8H15F3O3.CH4/c1-7(3-12,4-13-2)5-14-6-8(9,10)11;/h12H,3-6H2,1-2H3;1H4. The van der Waals surface area contributed by atoms with Crippen molar-refractivity contribution < 1.29 is 27.8 Å². The summed E-state index contributed by atoms with van der Waals surface area (Å²) in [4.78, 5) is 0. The lowest BCUT2D eigenvalue weighted by Gasteiger charge is -2.26. The van der Waals surface area contributed by atoms with E-state index in [2.05, 4.69) is 4.74 Å². The van der Waals surface area contributed by atoms with Crippen LogP contribution in [0.5, 0.6) is 0 Å². The second kappa shape index (κ2) is 7.03. The van der Waals surface area contributed by atoms with Gasteiger partial charge in [0.25, 0.3) is 0 Å². The Labute approximate surface area is 88.2 Å². The summed E-state index contributed by atoms with van der Waals surface area (Å²) in [6, 6.07) is 0. The van der Waals surface area contributed by atoms with Crippen molar-refractivity contribution in [3.63, 3.8) is 0 Å². The molecule has 0 aromatic carbocycles. The van der Waals surface area contributed by atoms with Crippen LogP contribution in [0.3, 0.4) is 0 Å². The van der Waals surface area contributed by atoms with Crippen LogP contribution in [0.15, 0.2) is 0 Å². The maximum atomic E-state index is 11.7. The largest absolute Gasteiger partial charge is 0.411 e. The normalized spacial score (nSPS) is 15.6. The highest BCUT2D eigenvalue weighted by atomic mass is 19.4. The van der Waals surface area contributed by atoms with Gasteiger partial charge in [-0.05, 0) is 0 Å². The molecule has 0 heterocycles. The van der Waals surface area contributed by atoms with E-state index in [0.717, 1.165) is 0 Å². The predicted molar refractivity (Wildman–Crippen MR) is 50.7 cm³/mol. The fraction of sp³-hybridized carbons (Fsp3) is 1.00. The van der Waals surface area contributed by atoms with Gasteiger partial charge in [0.15, 0.2) is 0 Å². The fourth-order valence-electron chi connectivity index (χ4n) is 0.895. The first-order valence-corrected chi connectivity index (χ1v) is 4.07. The van der Waals surface area contributed by atoms with Crippen molar-refractivity contribution in [2.75, 3.05) is 33.5 Å². The Morgan fingerprint density at radius 1 is 1.13 bits per heavy atom. The van der Waals surface area contributed by atoms with Crippen LogP contribution in [0.4, 0.5) is 13.2 Å². The first-order valence-electron chi connectivity index (χ1n) is 4.07. The molecular formula is C9H19F3O3. The number of hydrogen-bond donors (Lipinski definition) is 1. The lowest BCUT2D eigenvalue weighted by molar-refractivity contribution is -0.184. The zero-order chi connectivity index (χ0) is 11.2. The summed E-state index contributed by atoms with van der Waals surface area (Å²) in [5.41, 5.74) is -0.778. The molecule has 0 spiro atoms. The van der Waals surface area contributed by atoms with Crippen LogP contribution < -0.4 is 0 Å². The summed E-state index contributed by atoms with van der Waals surface area (Å²) < 4.78 is 44.3. The van der Waals surface area contributed by atoms with Crippen LogP contribution in [-0.2, 0) is 9.47 Å². The van der Waals surface area contributed by atoms with E-state index >= 15 is 0 Å². The summed E-state index contributed by atoms with van der Waals surface area (Å²) in [6.07, 6.45) is -4.33. The number of hydrogen-bond acceptors (Lipinski definition) is 3. The van der Waals surface area contributed by atoms with Gasteiger partial charge >= 0.3 is 6.18 Å². The van der Waals surface area contributed by atoms with E-state index < -0.39 is 18.2 Å². The number of aliphatic hydroxyl groups is 1. The average Bonchev–Trinajstić information content (AvgIpc) is 2.02. The van der Waals surface area contributed by atoms with Crippen LogP contribution in [-0.4, -0.2) is 44.8 Å². The second-order valence-electron chi connectivity index (χ2n) is 3.51. The van der Waals surface area contributed by atoms with Gasteiger partial charge in [-0.25, -0.2) is 0 Å². The van der Waals surface area contributed by atoms with E-state index in [4.69, 9.17) is 9.84 Å². The molecule has 1 atom stereocenters. The minimum Gasteiger partial charge on any atom is -0.396 e. The predicted octanol–water partition coefficient (Wildman–Crippen LogP) is 1.85. The Bertz CT molecular complexity index is 161. The summed E-state index contributed by atoms with van der Waals surface area (Å²) in [5, 5.41) is 8.90. The molecule has 6 heteroatoms. The van der Waals surface area contributed by atoms with Gasteiger partial charge in [-0.3, -0.25) is 0 Å². The number of aliphatic hydroxyl groups excluding tert-OH is 1. The Hall–Kier alpha value is -0.330. The molecule has 0 aliphatic heterocycles. The molecule has 0 aliphatic rings. The van der Waals surface area contributed by atoms with Gasteiger partial charge in [-0.1, -0.05) is 14.4 Å². The van der Waals surface area contributed by atoms with Gasteiger partial charge in [-0.2, -0.15) is 13.2 Å². The molecule has 15 heavy (non-hydrogen) atoms. The van der Waals surface area contributed by atoms with Crippen molar-refractivity contribution in [1.82, 2.24) is 0 Å². The molecule has 0 saturated carbocycles. The van der Waals surface area contributed by atoms with Gasteiger partial charge in [0.1, 0.15) is 6.61 Å². The zero-order valence-corrected chi connectivity index (χ0v) is 8.23. The second-order valence-corrected chi connectivity index (χ2v) is 3.51. The van der Waals surface area contributed by atoms with Gasteiger partial charge in [-0.15, -0.1) is 0 Å². The topological polar surface area (TPSA) is 38.7 Å². The number of ether oxygens (including phenoxy) is 2. The lowest BCUT2D eigenvalue weighted by atomic mass is 9.94. The minimum atomic E-state index is -4.33. The highest BCUT2D eigenvalue weighted by molar-refractivity contribution is 4.72. The SMILES string of the molecule is C.COCC(C)(CO)COCC(F)(F)F. The molecule has 0 saturated heterocycles. The Morgan fingerprint density at radius 3 is 2.00 bits per heavy atom. The third-order valence-electron chi connectivity index (χ3n) is 1.59. The molecule has 3 nitrogen and oxygen atoms in total. The lowest BCUT2D eigenvalue weighted by Crippen LogP contribution is -2.34. The van der Waals surface area contributed by atoms with E-state index in [1.54, 1.807) is 6.92 Å². The molecule has 0 aromatic heterocycles. The van der Waals surface area contributed by atoms with E-state index in [1.807, 2.05) is 0 Å². The smallest absolute Gasteiger partial charge is 0.396 e. The highest BCUT2D eigenvalue weighted by Gasteiger charge is 2.30. The third kappa shape index (κ3) is 8.65. The van der Waals surface area contributed by atoms with Gasteiger partial charge < -0.3 is 14.6 Å². The monoisotopic (exact) mass is 232 g/mol. The summed E-state index contributed by atoms with van der Waals surface area (Å²) >= 11 is 0. The maximum Gasteiger partial charge on any atom is 0.411 e. The first kappa shape index (κ1) is 17.1. The van der Waals surface area contributed by atoms with Crippen molar-refractivity contribution in [3.8, 4) is 0 Å². The van der Waals surface area contributed by atoms with E-state index in [9.17, 15) is 13.2 Å². The van der Waals surface area contributed by atoms with E-state index in [0.29, 0.717) is 0 Å². The van der Waals surface area contributed by atoms with Crippen LogP contribution >= 0.6 is 0 Å². The first-order chi connectivity index (χ1) is 6.33. The highest BCUT2D eigenvalue weighted by Crippen LogP contribution is 2.19. The van der Waals surface area contributed by atoms with Crippen molar-refractivity contribution in [2.45, 2.75) is 20.5 Å². The van der Waals surface area contributed by atoms with Gasteiger partial charge in [0.05, 0.1) is 19.8 Å². The molecule has 0 fully saturated rings.